The number of likely N-dealkylation sites (N-methyl/N-ethyl adjacent to an activating group) is 1. The lowest BCUT2D eigenvalue weighted by Crippen LogP contribution is -2.50. The van der Waals surface area contributed by atoms with E-state index < -0.39 is 5.54 Å². The third-order valence-corrected chi connectivity index (χ3v) is 3.46. The molecule has 0 aromatic carbocycles. The monoisotopic (exact) mass is 287 g/mol. The molecule has 0 radical (unpaired) electrons. The molecule has 0 heterocycles. The van der Waals surface area contributed by atoms with Crippen LogP contribution in [-0.2, 0) is 14.3 Å². The fraction of sp³-hybridized carbons (Fsp3) is 0.938. The molecular weight excluding hydrogens is 254 g/mol. The van der Waals surface area contributed by atoms with Crippen LogP contribution >= 0.6 is 0 Å². The van der Waals surface area contributed by atoms with Crippen molar-refractivity contribution in [2.75, 3.05) is 19.8 Å². The van der Waals surface area contributed by atoms with Crippen LogP contribution in [0.15, 0.2) is 0 Å². The lowest BCUT2D eigenvalue weighted by Gasteiger charge is -2.28. The Labute approximate surface area is 124 Å². The van der Waals surface area contributed by atoms with E-state index in [0.29, 0.717) is 12.7 Å². The molecule has 0 amide bonds. The van der Waals surface area contributed by atoms with Crippen LogP contribution in [0.4, 0.5) is 0 Å². The number of carbonyl (C=O) groups is 1. The van der Waals surface area contributed by atoms with Crippen LogP contribution in [0.2, 0.25) is 0 Å². The van der Waals surface area contributed by atoms with Crippen LogP contribution in [0.25, 0.3) is 0 Å². The molecule has 4 heteroatoms. The first-order valence-electron chi connectivity index (χ1n) is 8.04. The molecule has 0 rings (SSSR count). The summed E-state index contributed by atoms with van der Waals surface area (Å²) < 4.78 is 10.9. The predicted octanol–water partition coefficient (Wildman–Crippen LogP) is 3.29. The van der Waals surface area contributed by atoms with Gasteiger partial charge in [0.25, 0.3) is 0 Å². The van der Waals surface area contributed by atoms with Crippen LogP contribution in [0.3, 0.4) is 0 Å². The Morgan fingerprint density at radius 1 is 1.25 bits per heavy atom. The molecular formula is C16H33NO3. The summed E-state index contributed by atoms with van der Waals surface area (Å²) in [7, 11) is 0. The van der Waals surface area contributed by atoms with E-state index in [0.717, 1.165) is 45.3 Å². The number of esters is 1. The molecule has 0 saturated carbocycles. The molecule has 1 N–H and O–H groups in total. The number of ether oxygens (including phenoxy) is 2. The standard InChI is InChI=1S/C16H33NO3/c1-6-11-14(4)20-13-10-9-12-16(5,17-7-2)15(18)19-8-3/h14,17H,6-13H2,1-5H3. The Hall–Kier alpha value is -0.610. The van der Waals surface area contributed by atoms with Gasteiger partial charge in [0.2, 0.25) is 0 Å². The van der Waals surface area contributed by atoms with Crippen LogP contribution in [-0.4, -0.2) is 37.4 Å². The average molecular weight is 287 g/mol. The minimum Gasteiger partial charge on any atom is -0.465 e. The molecule has 120 valence electrons. The summed E-state index contributed by atoms with van der Waals surface area (Å²) in [5, 5.41) is 3.25. The first-order chi connectivity index (χ1) is 9.50. The molecule has 0 aliphatic carbocycles. The maximum Gasteiger partial charge on any atom is 0.326 e. The largest absolute Gasteiger partial charge is 0.465 e. The van der Waals surface area contributed by atoms with Crippen LogP contribution in [0.1, 0.15) is 66.7 Å². The van der Waals surface area contributed by atoms with Crippen molar-refractivity contribution < 1.29 is 14.3 Å². The van der Waals surface area contributed by atoms with Crippen LogP contribution in [0.5, 0.6) is 0 Å². The van der Waals surface area contributed by atoms with Gasteiger partial charge in [-0.2, -0.15) is 0 Å². The van der Waals surface area contributed by atoms with E-state index in [4.69, 9.17) is 9.47 Å². The Balaban J connectivity index is 4.00. The van der Waals surface area contributed by atoms with Crippen molar-refractivity contribution in [3.63, 3.8) is 0 Å². The number of carbonyl (C=O) groups excluding carboxylic acids is 1. The van der Waals surface area contributed by atoms with Crippen LogP contribution < -0.4 is 5.32 Å². The zero-order valence-electron chi connectivity index (χ0n) is 14.0. The van der Waals surface area contributed by atoms with Crippen LogP contribution in [0, 0.1) is 0 Å². The molecule has 2 unspecified atom stereocenters. The minimum atomic E-state index is -0.570. The second-order valence-electron chi connectivity index (χ2n) is 5.51. The highest BCUT2D eigenvalue weighted by Gasteiger charge is 2.32. The van der Waals surface area contributed by atoms with Gasteiger partial charge in [-0.1, -0.05) is 20.3 Å². The highest BCUT2D eigenvalue weighted by molar-refractivity contribution is 5.80. The van der Waals surface area contributed by atoms with E-state index in [9.17, 15) is 4.79 Å². The van der Waals surface area contributed by atoms with Gasteiger partial charge in [-0.3, -0.25) is 4.79 Å². The Kier molecular flexibility index (Phi) is 10.8. The third kappa shape index (κ3) is 7.85. The van der Waals surface area contributed by atoms with Gasteiger partial charge in [0.15, 0.2) is 0 Å². The van der Waals surface area contributed by atoms with Gasteiger partial charge in [0.1, 0.15) is 5.54 Å². The molecule has 0 aromatic rings. The molecule has 0 spiro atoms. The SMILES string of the molecule is CCCC(C)OCCCCC(C)(NCC)C(=O)OCC. The molecule has 0 aliphatic rings. The fourth-order valence-corrected chi connectivity index (χ4v) is 2.30. The molecule has 4 nitrogen and oxygen atoms in total. The number of hydrogen-bond donors (Lipinski definition) is 1. The summed E-state index contributed by atoms with van der Waals surface area (Å²) in [5.41, 5.74) is -0.570. The molecule has 0 saturated heterocycles. The number of hydrogen-bond acceptors (Lipinski definition) is 4. The quantitative estimate of drug-likeness (QED) is 0.442. The van der Waals surface area contributed by atoms with E-state index in [1.165, 1.54) is 0 Å². The van der Waals surface area contributed by atoms with Gasteiger partial charge < -0.3 is 14.8 Å². The van der Waals surface area contributed by atoms with Crippen molar-refractivity contribution in [2.24, 2.45) is 0 Å². The van der Waals surface area contributed by atoms with Gasteiger partial charge >= 0.3 is 5.97 Å². The van der Waals surface area contributed by atoms with Crippen molar-refractivity contribution in [3.05, 3.63) is 0 Å². The first kappa shape index (κ1) is 19.4. The van der Waals surface area contributed by atoms with E-state index in [-0.39, 0.29) is 5.97 Å². The van der Waals surface area contributed by atoms with Crippen molar-refractivity contribution in [3.8, 4) is 0 Å². The van der Waals surface area contributed by atoms with Crippen molar-refractivity contribution in [1.82, 2.24) is 5.32 Å². The van der Waals surface area contributed by atoms with E-state index >= 15 is 0 Å². The van der Waals surface area contributed by atoms with Crippen molar-refractivity contribution in [2.45, 2.75) is 78.4 Å². The van der Waals surface area contributed by atoms with E-state index in [2.05, 4.69) is 19.2 Å². The second-order valence-corrected chi connectivity index (χ2v) is 5.51. The summed E-state index contributed by atoms with van der Waals surface area (Å²) in [6, 6.07) is 0. The van der Waals surface area contributed by atoms with Gasteiger partial charge in [-0.25, -0.2) is 0 Å². The zero-order valence-corrected chi connectivity index (χ0v) is 14.0. The summed E-state index contributed by atoms with van der Waals surface area (Å²) in [5.74, 6) is -0.151. The highest BCUT2D eigenvalue weighted by Crippen LogP contribution is 2.16. The Bertz CT molecular complexity index is 258. The normalized spacial score (nSPS) is 15.7. The summed E-state index contributed by atoms with van der Waals surface area (Å²) >= 11 is 0. The smallest absolute Gasteiger partial charge is 0.326 e. The average Bonchev–Trinajstić information content (AvgIpc) is 2.39. The van der Waals surface area contributed by atoms with Crippen molar-refractivity contribution >= 4 is 5.97 Å². The topological polar surface area (TPSA) is 47.6 Å². The predicted molar refractivity (Wildman–Crippen MR) is 82.9 cm³/mol. The first-order valence-corrected chi connectivity index (χ1v) is 8.04. The number of unbranched alkanes of at least 4 members (excludes halogenated alkanes) is 1. The maximum absolute atomic E-state index is 12.0. The molecule has 2 atom stereocenters. The van der Waals surface area contributed by atoms with Gasteiger partial charge in [0, 0.05) is 6.61 Å². The second kappa shape index (κ2) is 11.1. The lowest BCUT2D eigenvalue weighted by atomic mass is 9.95. The highest BCUT2D eigenvalue weighted by atomic mass is 16.5. The summed E-state index contributed by atoms with van der Waals surface area (Å²) in [6.07, 6.45) is 5.33. The summed E-state index contributed by atoms with van der Waals surface area (Å²) in [4.78, 5) is 12.0. The molecule has 0 fully saturated rings. The third-order valence-electron chi connectivity index (χ3n) is 3.46. The van der Waals surface area contributed by atoms with E-state index in [1.807, 2.05) is 20.8 Å². The lowest BCUT2D eigenvalue weighted by molar-refractivity contribution is -0.150. The minimum absolute atomic E-state index is 0.151. The fourth-order valence-electron chi connectivity index (χ4n) is 2.30. The number of rotatable bonds is 12. The molecule has 0 bridgehead atoms. The molecule has 20 heavy (non-hydrogen) atoms. The van der Waals surface area contributed by atoms with Gasteiger partial charge in [-0.15, -0.1) is 0 Å². The molecule has 0 aliphatic heterocycles. The van der Waals surface area contributed by atoms with Crippen molar-refractivity contribution in [1.29, 1.82) is 0 Å². The number of nitrogens with one attached hydrogen (secondary N) is 1. The maximum atomic E-state index is 12.0. The zero-order chi connectivity index (χ0) is 15.4. The van der Waals surface area contributed by atoms with E-state index in [1.54, 1.807) is 0 Å². The van der Waals surface area contributed by atoms with Gasteiger partial charge in [-0.05, 0) is 53.0 Å². The Morgan fingerprint density at radius 2 is 1.95 bits per heavy atom. The summed E-state index contributed by atoms with van der Waals surface area (Å²) in [6.45, 7) is 12.0. The van der Waals surface area contributed by atoms with Gasteiger partial charge in [0.05, 0.1) is 12.7 Å². The Morgan fingerprint density at radius 3 is 2.50 bits per heavy atom. The molecule has 0 aromatic heterocycles.